The van der Waals surface area contributed by atoms with E-state index >= 15 is 0 Å². The van der Waals surface area contributed by atoms with Crippen LogP contribution in [0.15, 0.2) is 206 Å². The minimum absolute atomic E-state index is 0.526. The summed E-state index contributed by atoms with van der Waals surface area (Å²) >= 11 is 0. The summed E-state index contributed by atoms with van der Waals surface area (Å²) in [6.45, 7) is 0. The Hall–Kier alpha value is -7.43. The first-order valence-electron chi connectivity index (χ1n) is 19.0. The number of hydrogen-bond donors (Lipinski definition) is 0. The molecule has 1 spiro atoms. The van der Waals surface area contributed by atoms with Crippen molar-refractivity contribution in [2.24, 2.45) is 0 Å². The fourth-order valence-corrected chi connectivity index (χ4v) is 9.01. The summed E-state index contributed by atoms with van der Waals surface area (Å²) in [7, 11) is 0. The maximum absolute atomic E-state index is 5.07. The maximum atomic E-state index is 5.07. The van der Waals surface area contributed by atoms with Gasteiger partial charge in [0, 0.05) is 22.4 Å². The predicted octanol–water partition coefficient (Wildman–Crippen LogP) is 12.7. The van der Waals surface area contributed by atoms with Gasteiger partial charge in [-0.2, -0.15) is 0 Å². The molecule has 0 radical (unpaired) electrons. The molecule has 4 nitrogen and oxygen atoms in total. The van der Waals surface area contributed by atoms with Crippen LogP contribution in [0.4, 0.5) is 17.1 Å². The third kappa shape index (κ3) is 4.83. The molecule has 9 aromatic rings. The Balaban J connectivity index is 1.13. The van der Waals surface area contributed by atoms with Crippen LogP contribution >= 0.6 is 0 Å². The molecule has 1 aliphatic heterocycles. The first-order chi connectivity index (χ1) is 27.8. The zero-order chi connectivity index (χ0) is 37.1. The zero-order valence-corrected chi connectivity index (χ0v) is 30.4. The van der Waals surface area contributed by atoms with Gasteiger partial charge in [-0.05, 0) is 74.8 Å². The number of para-hydroxylation sites is 3. The molecule has 0 saturated heterocycles. The number of benzene rings is 8. The van der Waals surface area contributed by atoms with Gasteiger partial charge in [0.25, 0.3) is 0 Å². The second-order valence-electron chi connectivity index (χ2n) is 14.3. The van der Waals surface area contributed by atoms with Crippen molar-refractivity contribution < 1.29 is 0 Å². The average Bonchev–Trinajstić information content (AvgIpc) is 3.58. The van der Waals surface area contributed by atoms with Crippen LogP contribution in [0.3, 0.4) is 0 Å². The van der Waals surface area contributed by atoms with Crippen molar-refractivity contribution in [2.45, 2.75) is 5.41 Å². The lowest BCUT2D eigenvalue weighted by Crippen LogP contribution is -2.36. The molecule has 8 aromatic carbocycles. The number of fused-ring (bicyclic) bond motifs is 9. The van der Waals surface area contributed by atoms with Crippen LogP contribution in [0.2, 0.25) is 0 Å². The number of anilines is 3. The highest BCUT2D eigenvalue weighted by atomic mass is 15.2. The SMILES string of the molecule is c1ccc(-c2nc(-c3ccccc3)nc(-c3cccc(-c4cccc5c4-c4ccccc4C54c5ccccc5N(c5ccccc5)c5ccccc54)c3)n2)cc1. The quantitative estimate of drug-likeness (QED) is 0.178. The van der Waals surface area contributed by atoms with E-state index in [-0.39, 0.29) is 0 Å². The Bertz CT molecular complexity index is 2820. The van der Waals surface area contributed by atoms with E-state index in [0.29, 0.717) is 17.5 Å². The molecule has 11 rings (SSSR count). The third-order valence-corrected chi connectivity index (χ3v) is 11.3. The second-order valence-corrected chi connectivity index (χ2v) is 14.3. The van der Waals surface area contributed by atoms with E-state index in [9.17, 15) is 0 Å². The van der Waals surface area contributed by atoms with Crippen LogP contribution in [-0.4, -0.2) is 15.0 Å². The fraction of sp³-hybridized carbons (Fsp3) is 0.0192. The summed E-state index contributed by atoms with van der Waals surface area (Å²) in [5.74, 6) is 1.94. The Morgan fingerprint density at radius 3 is 1.38 bits per heavy atom. The molecule has 56 heavy (non-hydrogen) atoms. The lowest BCUT2D eigenvalue weighted by Gasteiger charge is -2.45. The first kappa shape index (κ1) is 32.0. The topological polar surface area (TPSA) is 41.9 Å². The Morgan fingerprint density at radius 2 is 0.750 bits per heavy atom. The van der Waals surface area contributed by atoms with Gasteiger partial charge in [0.05, 0.1) is 16.8 Å². The van der Waals surface area contributed by atoms with Gasteiger partial charge in [-0.25, -0.2) is 15.0 Å². The van der Waals surface area contributed by atoms with E-state index in [1.54, 1.807) is 0 Å². The average molecular weight is 715 g/mol. The summed E-state index contributed by atoms with van der Waals surface area (Å²) in [5.41, 5.74) is 15.7. The van der Waals surface area contributed by atoms with Crippen LogP contribution < -0.4 is 4.90 Å². The van der Waals surface area contributed by atoms with Crippen LogP contribution in [0.5, 0.6) is 0 Å². The van der Waals surface area contributed by atoms with Crippen molar-refractivity contribution in [3.63, 3.8) is 0 Å². The minimum Gasteiger partial charge on any atom is -0.310 e. The maximum Gasteiger partial charge on any atom is 0.164 e. The Morgan fingerprint density at radius 1 is 0.321 bits per heavy atom. The normalized spacial score (nSPS) is 13.1. The molecule has 262 valence electrons. The molecule has 0 atom stereocenters. The van der Waals surface area contributed by atoms with Gasteiger partial charge in [-0.1, -0.05) is 176 Å². The molecule has 1 aromatic heterocycles. The first-order valence-corrected chi connectivity index (χ1v) is 19.0. The van der Waals surface area contributed by atoms with Crippen molar-refractivity contribution in [1.29, 1.82) is 0 Å². The molecule has 0 unspecified atom stereocenters. The van der Waals surface area contributed by atoms with Crippen LogP contribution in [0.25, 0.3) is 56.4 Å². The molecular formula is C52H34N4. The summed E-state index contributed by atoms with van der Waals surface area (Å²) in [5, 5.41) is 0. The summed E-state index contributed by atoms with van der Waals surface area (Å²) in [6.07, 6.45) is 0. The highest BCUT2D eigenvalue weighted by Crippen LogP contribution is 2.64. The molecular weight excluding hydrogens is 681 g/mol. The molecule has 4 heteroatoms. The van der Waals surface area contributed by atoms with E-state index in [0.717, 1.165) is 27.9 Å². The van der Waals surface area contributed by atoms with Gasteiger partial charge < -0.3 is 4.90 Å². The molecule has 0 fully saturated rings. The number of aromatic nitrogens is 3. The molecule has 0 amide bonds. The van der Waals surface area contributed by atoms with Crippen molar-refractivity contribution >= 4 is 17.1 Å². The van der Waals surface area contributed by atoms with E-state index in [2.05, 4.69) is 150 Å². The Labute approximate surface area is 326 Å². The van der Waals surface area contributed by atoms with Gasteiger partial charge in [-0.15, -0.1) is 0 Å². The van der Waals surface area contributed by atoms with Crippen molar-refractivity contribution in [1.82, 2.24) is 15.0 Å². The molecule has 1 aliphatic carbocycles. The Kier molecular flexibility index (Phi) is 7.36. The largest absolute Gasteiger partial charge is 0.310 e. The lowest BCUT2D eigenvalue weighted by molar-refractivity contribution is 0.753. The third-order valence-electron chi connectivity index (χ3n) is 11.3. The van der Waals surface area contributed by atoms with Crippen molar-refractivity contribution in [3.05, 3.63) is 229 Å². The highest BCUT2D eigenvalue weighted by molar-refractivity contribution is 6.00. The number of rotatable bonds is 5. The van der Waals surface area contributed by atoms with Gasteiger partial charge in [0.15, 0.2) is 17.5 Å². The van der Waals surface area contributed by atoms with Gasteiger partial charge in [-0.3, -0.25) is 0 Å². The van der Waals surface area contributed by atoms with Crippen LogP contribution in [0.1, 0.15) is 22.3 Å². The molecule has 0 N–H and O–H groups in total. The zero-order valence-electron chi connectivity index (χ0n) is 30.4. The highest BCUT2D eigenvalue weighted by Gasteiger charge is 2.52. The van der Waals surface area contributed by atoms with Gasteiger partial charge in [0.2, 0.25) is 0 Å². The predicted molar refractivity (Wildman–Crippen MR) is 227 cm³/mol. The van der Waals surface area contributed by atoms with Crippen LogP contribution in [0, 0.1) is 0 Å². The number of nitrogens with zero attached hydrogens (tertiary/aromatic N) is 4. The monoisotopic (exact) mass is 714 g/mol. The molecule has 0 bridgehead atoms. The molecule has 2 aliphatic rings. The van der Waals surface area contributed by atoms with E-state index in [1.165, 1.54) is 50.3 Å². The van der Waals surface area contributed by atoms with E-state index < -0.39 is 5.41 Å². The second kappa shape index (κ2) is 12.9. The van der Waals surface area contributed by atoms with Gasteiger partial charge >= 0.3 is 0 Å². The standard InChI is InChI=1S/C52H34N4/c1-4-18-35(19-5-1)49-53-50(36-20-6-2-7-21-36)55-51(54-49)38-23-16-22-37(34-38)40-27-17-31-45-48(40)41-26-10-11-28-42(41)52(45)43-29-12-14-32-46(43)56(39-24-8-3-9-25-39)47-33-15-13-30-44(47)52/h1-34H. The molecule has 2 heterocycles. The van der Waals surface area contributed by atoms with Crippen molar-refractivity contribution in [2.75, 3.05) is 4.90 Å². The summed E-state index contributed by atoms with van der Waals surface area (Å²) < 4.78 is 0. The van der Waals surface area contributed by atoms with Crippen LogP contribution in [-0.2, 0) is 5.41 Å². The van der Waals surface area contributed by atoms with E-state index in [4.69, 9.17) is 15.0 Å². The van der Waals surface area contributed by atoms with Gasteiger partial charge in [0.1, 0.15) is 0 Å². The molecule has 0 saturated carbocycles. The smallest absolute Gasteiger partial charge is 0.164 e. The summed E-state index contributed by atoms with van der Waals surface area (Å²) in [6, 6.07) is 73.4. The summed E-state index contributed by atoms with van der Waals surface area (Å²) in [4.78, 5) is 17.5. The fourth-order valence-electron chi connectivity index (χ4n) is 9.01. The number of hydrogen-bond acceptors (Lipinski definition) is 4. The minimum atomic E-state index is -0.526. The lowest BCUT2D eigenvalue weighted by atomic mass is 9.64. The van der Waals surface area contributed by atoms with E-state index in [1.807, 2.05) is 60.7 Å². The van der Waals surface area contributed by atoms with Crippen molar-refractivity contribution in [3.8, 4) is 56.4 Å².